The maximum Gasteiger partial charge on any atom is 0.310 e. The second-order valence-electron chi connectivity index (χ2n) is 6.49. The van der Waals surface area contributed by atoms with Crippen molar-refractivity contribution in [1.82, 2.24) is 0 Å². The number of nitrogens with two attached hydrogens (primary N) is 2. The highest BCUT2D eigenvalue weighted by Crippen LogP contribution is 2.55. The molecule has 3 rings (SSSR count). The maximum atomic E-state index is 14.7. The zero-order valence-corrected chi connectivity index (χ0v) is 12.1. The molecule has 0 bridgehead atoms. The Bertz CT molecular complexity index is 627. The average molecular weight is 295 g/mol. The highest BCUT2D eigenvalue weighted by atomic mass is 19.3. The summed E-state index contributed by atoms with van der Waals surface area (Å²) in [5, 5.41) is 0. The van der Waals surface area contributed by atoms with Gasteiger partial charge in [0, 0.05) is 5.69 Å². The molecular weight excluding hydrogens is 276 g/mol. The van der Waals surface area contributed by atoms with Crippen molar-refractivity contribution < 1.29 is 13.5 Å². The predicted molar refractivity (Wildman–Crippen MR) is 77.3 cm³/mol. The Morgan fingerprint density at radius 2 is 1.86 bits per heavy atom. The predicted octanol–water partition coefficient (Wildman–Crippen LogP) is 2.52. The van der Waals surface area contributed by atoms with E-state index in [0.29, 0.717) is 17.7 Å². The Labute approximate surface area is 122 Å². The summed E-state index contributed by atoms with van der Waals surface area (Å²) >= 11 is 0. The summed E-state index contributed by atoms with van der Waals surface area (Å²) in [4.78, 5) is 4.04. The van der Waals surface area contributed by atoms with Crippen molar-refractivity contribution in [2.24, 2.45) is 10.7 Å². The van der Waals surface area contributed by atoms with Crippen LogP contribution < -0.4 is 11.5 Å². The molecule has 0 saturated heterocycles. The number of hydrogen-bond acceptors (Lipinski definition) is 4. The van der Waals surface area contributed by atoms with E-state index in [2.05, 4.69) is 4.99 Å². The van der Waals surface area contributed by atoms with E-state index in [0.717, 1.165) is 5.56 Å². The molecule has 2 aliphatic rings. The number of amidine groups is 1. The SMILES string of the molecule is CC1(C)CC[C@@]2(N=C(N)OCC2(F)F)c2cc(N)ccc21. The lowest BCUT2D eigenvalue weighted by atomic mass is 9.63. The minimum Gasteiger partial charge on any atom is -0.459 e. The van der Waals surface area contributed by atoms with Crippen molar-refractivity contribution in [3.63, 3.8) is 0 Å². The normalized spacial score (nSPS) is 29.4. The van der Waals surface area contributed by atoms with Gasteiger partial charge in [-0.05, 0) is 41.5 Å². The fourth-order valence-electron chi connectivity index (χ4n) is 3.34. The summed E-state index contributed by atoms with van der Waals surface area (Å²) in [6.07, 6.45) is 0.809. The Balaban J connectivity index is 2.31. The lowest BCUT2D eigenvalue weighted by molar-refractivity contribution is -0.129. The van der Waals surface area contributed by atoms with Crippen molar-refractivity contribution in [3.8, 4) is 0 Å². The van der Waals surface area contributed by atoms with Crippen molar-refractivity contribution in [3.05, 3.63) is 29.3 Å². The van der Waals surface area contributed by atoms with Gasteiger partial charge in [-0.15, -0.1) is 0 Å². The molecule has 1 aliphatic heterocycles. The number of hydrogen-bond donors (Lipinski definition) is 2. The summed E-state index contributed by atoms with van der Waals surface area (Å²) < 4.78 is 34.1. The van der Waals surface area contributed by atoms with Gasteiger partial charge in [-0.1, -0.05) is 19.9 Å². The van der Waals surface area contributed by atoms with Crippen LogP contribution in [0.5, 0.6) is 0 Å². The molecule has 0 fully saturated rings. The van der Waals surface area contributed by atoms with E-state index in [-0.39, 0.29) is 17.9 Å². The molecule has 1 atom stereocenters. The standard InChI is InChI=1S/C15H19F2N3O/c1-13(2)5-6-14(11-7-9(18)3-4-10(11)13)15(16,17)8-21-12(19)20-14/h3-4,7H,5-6,8,18H2,1-2H3,(H2,19,20)/t14-/m1/s1. The number of benzene rings is 1. The van der Waals surface area contributed by atoms with Gasteiger partial charge in [0.25, 0.3) is 6.02 Å². The molecule has 1 heterocycles. The highest BCUT2D eigenvalue weighted by molar-refractivity contribution is 5.74. The average Bonchev–Trinajstić information content (AvgIpc) is 2.39. The van der Waals surface area contributed by atoms with E-state index < -0.39 is 18.1 Å². The van der Waals surface area contributed by atoms with Gasteiger partial charge in [-0.25, -0.2) is 4.99 Å². The molecule has 0 amide bonds. The van der Waals surface area contributed by atoms with E-state index in [1.165, 1.54) is 0 Å². The zero-order valence-electron chi connectivity index (χ0n) is 12.1. The third kappa shape index (κ3) is 1.88. The van der Waals surface area contributed by atoms with Crippen LogP contribution in [0.25, 0.3) is 0 Å². The monoisotopic (exact) mass is 295 g/mol. The van der Waals surface area contributed by atoms with E-state index in [4.69, 9.17) is 16.2 Å². The Kier molecular flexibility index (Phi) is 2.74. The lowest BCUT2D eigenvalue weighted by Crippen LogP contribution is -2.55. The van der Waals surface area contributed by atoms with E-state index in [1.807, 2.05) is 19.9 Å². The minimum atomic E-state index is -3.12. The zero-order chi connectivity index (χ0) is 15.5. The van der Waals surface area contributed by atoms with Crippen LogP contribution >= 0.6 is 0 Å². The van der Waals surface area contributed by atoms with Gasteiger partial charge in [0.2, 0.25) is 0 Å². The molecule has 0 aromatic heterocycles. The topological polar surface area (TPSA) is 73.6 Å². The van der Waals surface area contributed by atoms with Crippen molar-refractivity contribution in [2.75, 3.05) is 12.3 Å². The number of alkyl halides is 2. The number of nitrogen functional groups attached to an aromatic ring is 1. The molecule has 1 aliphatic carbocycles. The molecule has 4 nitrogen and oxygen atoms in total. The van der Waals surface area contributed by atoms with Gasteiger partial charge < -0.3 is 16.2 Å². The molecule has 114 valence electrons. The third-order valence-electron chi connectivity index (χ3n) is 4.64. The van der Waals surface area contributed by atoms with E-state index in [1.54, 1.807) is 12.1 Å². The van der Waals surface area contributed by atoms with Crippen LogP contribution in [0.15, 0.2) is 23.2 Å². The third-order valence-corrected chi connectivity index (χ3v) is 4.64. The molecule has 1 aromatic rings. The molecule has 0 unspecified atom stereocenters. The van der Waals surface area contributed by atoms with Crippen LogP contribution in [0.4, 0.5) is 14.5 Å². The number of fused-ring (bicyclic) bond motifs is 2. The molecule has 6 heteroatoms. The summed E-state index contributed by atoms with van der Waals surface area (Å²) in [5.41, 5.74) is 11.3. The summed E-state index contributed by atoms with van der Waals surface area (Å²) in [6.45, 7) is 3.33. The largest absolute Gasteiger partial charge is 0.459 e. The number of aliphatic imine (C=N–C) groups is 1. The number of halogens is 2. The van der Waals surface area contributed by atoms with Crippen LogP contribution in [0, 0.1) is 0 Å². The molecule has 21 heavy (non-hydrogen) atoms. The fourth-order valence-corrected chi connectivity index (χ4v) is 3.34. The highest BCUT2D eigenvalue weighted by Gasteiger charge is 2.61. The number of rotatable bonds is 0. The Morgan fingerprint density at radius 1 is 1.14 bits per heavy atom. The van der Waals surface area contributed by atoms with Crippen LogP contribution in [0.2, 0.25) is 0 Å². The van der Waals surface area contributed by atoms with Gasteiger partial charge in [-0.2, -0.15) is 8.78 Å². The van der Waals surface area contributed by atoms with Crippen molar-refractivity contribution in [1.29, 1.82) is 0 Å². The summed E-state index contributed by atoms with van der Waals surface area (Å²) in [7, 11) is 0. The molecule has 1 spiro atoms. The molecule has 1 aromatic carbocycles. The van der Waals surface area contributed by atoms with Crippen molar-refractivity contribution in [2.45, 2.75) is 43.6 Å². The Morgan fingerprint density at radius 3 is 2.57 bits per heavy atom. The van der Waals surface area contributed by atoms with Gasteiger partial charge in [0.1, 0.15) is 0 Å². The summed E-state index contributed by atoms with van der Waals surface area (Å²) in [5.74, 6) is -3.12. The first-order valence-corrected chi connectivity index (χ1v) is 6.94. The molecule has 4 N–H and O–H groups in total. The first-order valence-electron chi connectivity index (χ1n) is 6.94. The first-order chi connectivity index (χ1) is 9.68. The van der Waals surface area contributed by atoms with Crippen LogP contribution in [0.3, 0.4) is 0 Å². The van der Waals surface area contributed by atoms with Crippen molar-refractivity contribution >= 4 is 11.7 Å². The van der Waals surface area contributed by atoms with E-state index >= 15 is 0 Å². The van der Waals surface area contributed by atoms with Crippen LogP contribution in [-0.2, 0) is 15.7 Å². The molecule has 0 radical (unpaired) electrons. The van der Waals surface area contributed by atoms with Gasteiger partial charge >= 0.3 is 5.92 Å². The molecular formula is C15H19F2N3O. The Hall–Kier alpha value is -1.85. The number of anilines is 1. The minimum absolute atomic E-state index is 0.186. The van der Waals surface area contributed by atoms with Gasteiger partial charge in [0.15, 0.2) is 12.1 Å². The second kappa shape index (κ2) is 4.08. The first kappa shape index (κ1) is 14.1. The lowest BCUT2D eigenvalue weighted by Gasteiger charge is -2.47. The maximum absolute atomic E-state index is 14.7. The van der Waals surface area contributed by atoms with E-state index in [9.17, 15) is 8.78 Å². The second-order valence-corrected chi connectivity index (χ2v) is 6.49. The quantitative estimate of drug-likeness (QED) is 0.722. The molecule has 0 saturated carbocycles. The fraction of sp³-hybridized carbons (Fsp3) is 0.533. The van der Waals surface area contributed by atoms with Gasteiger partial charge in [0.05, 0.1) is 0 Å². The number of nitrogens with zero attached hydrogens (tertiary/aromatic N) is 1. The van der Waals surface area contributed by atoms with Crippen LogP contribution in [0.1, 0.15) is 37.8 Å². The smallest absolute Gasteiger partial charge is 0.310 e. The summed E-state index contributed by atoms with van der Waals surface area (Å²) in [6, 6.07) is 4.98. The number of ether oxygens (including phenoxy) is 1. The van der Waals surface area contributed by atoms with Gasteiger partial charge in [-0.3, -0.25) is 0 Å². The van der Waals surface area contributed by atoms with Crippen LogP contribution in [-0.4, -0.2) is 18.6 Å².